The first-order valence-electron chi connectivity index (χ1n) is 3.59. The smallest absolute Gasteiger partial charge is 0.360 e. The predicted octanol–water partition coefficient (Wildman–Crippen LogP) is 0.264. The normalized spacial score (nSPS) is 10.3. The Balaban J connectivity index is 2.48. The fourth-order valence-corrected chi connectivity index (χ4v) is 0.952. The van der Waals surface area contributed by atoms with E-state index in [9.17, 15) is 9.90 Å². The lowest BCUT2D eigenvalue weighted by atomic mass is 10.4. The highest BCUT2D eigenvalue weighted by Gasteiger charge is 2.16. The van der Waals surface area contributed by atoms with Crippen molar-refractivity contribution < 1.29 is 19.4 Å². The first kappa shape index (κ1) is 8.30. The monoisotopic (exact) mass is 195 g/mol. The van der Waals surface area contributed by atoms with Crippen molar-refractivity contribution >= 4 is 5.97 Å². The molecular weight excluding hydrogens is 190 g/mol. The third-order valence-corrected chi connectivity index (χ3v) is 1.54. The second-order valence-electron chi connectivity index (χ2n) is 2.45. The highest BCUT2D eigenvalue weighted by Crippen LogP contribution is 2.17. The minimum atomic E-state index is -1.30. The first-order valence-corrected chi connectivity index (χ1v) is 3.59. The Labute approximate surface area is 77.2 Å². The highest BCUT2D eigenvalue weighted by molar-refractivity contribution is 5.88. The van der Waals surface area contributed by atoms with Crippen LogP contribution >= 0.6 is 0 Å². The molecule has 0 aromatic carbocycles. The maximum atomic E-state index is 10.5. The fourth-order valence-electron chi connectivity index (χ4n) is 0.952. The number of rotatable bonds is 2. The summed E-state index contributed by atoms with van der Waals surface area (Å²) in [5.74, 6) is -1.50. The van der Waals surface area contributed by atoms with Crippen LogP contribution in [0.5, 0.6) is 5.75 Å². The quantitative estimate of drug-likeness (QED) is 0.712. The number of carbonyl (C=O) groups is 1. The summed E-state index contributed by atoms with van der Waals surface area (Å²) in [6.07, 6.45) is 3.65. The molecule has 0 saturated heterocycles. The van der Waals surface area contributed by atoms with E-state index in [0.717, 1.165) is 10.9 Å². The minimum Gasteiger partial charge on any atom is -0.504 e. The molecule has 2 aromatic heterocycles. The molecule has 0 amide bonds. The summed E-state index contributed by atoms with van der Waals surface area (Å²) in [5.41, 5.74) is -0.429. The van der Waals surface area contributed by atoms with E-state index in [1.165, 1.54) is 12.6 Å². The van der Waals surface area contributed by atoms with Gasteiger partial charge >= 0.3 is 5.97 Å². The van der Waals surface area contributed by atoms with Crippen molar-refractivity contribution in [3.05, 3.63) is 24.5 Å². The lowest BCUT2D eigenvalue weighted by molar-refractivity contribution is 0.0687. The maximum absolute atomic E-state index is 10.5. The van der Waals surface area contributed by atoms with Gasteiger partial charge in [-0.2, -0.15) is 5.10 Å². The molecule has 72 valence electrons. The number of aromatic carboxylic acids is 1. The molecule has 2 rings (SSSR count). The summed E-state index contributed by atoms with van der Waals surface area (Å²) in [6.45, 7) is 0. The largest absolute Gasteiger partial charge is 0.504 e. The second kappa shape index (κ2) is 2.87. The summed E-state index contributed by atoms with van der Waals surface area (Å²) < 4.78 is 5.94. The average molecular weight is 195 g/mol. The van der Waals surface area contributed by atoms with Crippen LogP contribution in [0, 0.1) is 0 Å². The summed E-state index contributed by atoms with van der Waals surface area (Å²) in [7, 11) is 0. The van der Waals surface area contributed by atoms with Crippen molar-refractivity contribution in [1.29, 1.82) is 0 Å². The summed E-state index contributed by atoms with van der Waals surface area (Å²) in [5, 5.41) is 21.4. The van der Waals surface area contributed by atoms with Crippen LogP contribution in [-0.2, 0) is 0 Å². The van der Waals surface area contributed by atoms with E-state index in [1.807, 2.05) is 0 Å². The standard InChI is InChI=1S/C7H5N3O4/c11-4-2-10(5-1-8-3-14-5)9-6(4)7(12)13/h1-3,11H,(H,12,13). The average Bonchev–Trinajstić information content (AvgIpc) is 2.70. The Morgan fingerprint density at radius 3 is 2.86 bits per heavy atom. The number of carboxylic acid groups (broad SMARTS) is 1. The Bertz CT molecular complexity index is 459. The van der Waals surface area contributed by atoms with E-state index in [4.69, 9.17) is 9.52 Å². The van der Waals surface area contributed by atoms with Crippen LogP contribution in [0.1, 0.15) is 10.5 Å². The number of aromatic hydroxyl groups is 1. The van der Waals surface area contributed by atoms with Crippen LogP contribution in [0.3, 0.4) is 0 Å². The van der Waals surface area contributed by atoms with Gasteiger partial charge in [-0.15, -0.1) is 0 Å². The molecule has 0 atom stereocenters. The van der Waals surface area contributed by atoms with Crippen LogP contribution in [0.25, 0.3) is 5.88 Å². The highest BCUT2D eigenvalue weighted by atomic mass is 16.4. The van der Waals surface area contributed by atoms with Gasteiger partial charge < -0.3 is 14.6 Å². The van der Waals surface area contributed by atoms with Gasteiger partial charge in [0.2, 0.25) is 11.6 Å². The molecule has 14 heavy (non-hydrogen) atoms. The van der Waals surface area contributed by atoms with E-state index in [2.05, 4.69) is 10.1 Å². The number of hydrogen-bond donors (Lipinski definition) is 2. The van der Waals surface area contributed by atoms with Gasteiger partial charge in [-0.05, 0) is 0 Å². The maximum Gasteiger partial charge on any atom is 0.360 e. The van der Waals surface area contributed by atoms with Crippen molar-refractivity contribution in [3.8, 4) is 11.6 Å². The van der Waals surface area contributed by atoms with Crippen LogP contribution in [0.2, 0.25) is 0 Å². The van der Waals surface area contributed by atoms with E-state index in [-0.39, 0.29) is 5.88 Å². The number of carboxylic acids is 1. The predicted molar refractivity (Wildman–Crippen MR) is 42.2 cm³/mol. The molecular formula is C7H5N3O4. The number of nitrogens with zero attached hydrogens (tertiary/aromatic N) is 3. The van der Waals surface area contributed by atoms with Crippen LogP contribution in [-0.4, -0.2) is 30.9 Å². The molecule has 0 aliphatic rings. The molecule has 7 heteroatoms. The lowest BCUT2D eigenvalue weighted by Gasteiger charge is -1.90. The van der Waals surface area contributed by atoms with Gasteiger partial charge in [0.05, 0.1) is 12.4 Å². The zero-order chi connectivity index (χ0) is 10.1. The van der Waals surface area contributed by atoms with Crippen LogP contribution in [0.4, 0.5) is 0 Å². The molecule has 2 aromatic rings. The van der Waals surface area contributed by atoms with E-state index >= 15 is 0 Å². The number of oxazole rings is 1. The Kier molecular flexibility index (Phi) is 1.70. The molecule has 0 unspecified atom stereocenters. The Hall–Kier alpha value is -2.31. The van der Waals surface area contributed by atoms with Crippen molar-refractivity contribution in [2.75, 3.05) is 0 Å². The number of hydrogen-bond acceptors (Lipinski definition) is 5. The van der Waals surface area contributed by atoms with Gasteiger partial charge in [-0.3, -0.25) is 0 Å². The fraction of sp³-hybridized carbons (Fsp3) is 0. The third-order valence-electron chi connectivity index (χ3n) is 1.54. The molecule has 7 nitrogen and oxygen atoms in total. The van der Waals surface area contributed by atoms with E-state index in [1.54, 1.807) is 0 Å². The molecule has 0 aliphatic carbocycles. The van der Waals surface area contributed by atoms with Gasteiger partial charge in [-0.25, -0.2) is 14.5 Å². The van der Waals surface area contributed by atoms with Crippen molar-refractivity contribution in [1.82, 2.24) is 14.8 Å². The molecule has 0 spiro atoms. The zero-order valence-corrected chi connectivity index (χ0v) is 6.78. The lowest BCUT2D eigenvalue weighted by Crippen LogP contribution is -2.00. The molecule has 0 saturated carbocycles. The summed E-state index contributed by atoms with van der Waals surface area (Å²) >= 11 is 0. The Morgan fingerprint density at radius 2 is 2.36 bits per heavy atom. The van der Waals surface area contributed by atoms with Gasteiger partial charge in [0.15, 0.2) is 12.1 Å². The first-order chi connectivity index (χ1) is 6.68. The molecule has 0 aliphatic heterocycles. The second-order valence-corrected chi connectivity index (χ2v) is 2.45. The van der Waals surface area contributed by atoms with Crippen molar-refractivity contribution in [2.24, 2.45) is 0 Å². The third kappa shape index (κ3) is 1.20. The van der Waals surface area contributed by atoms with Crippen molar-refractivity contribution in [2.45, 2.75) is 0 Å². The zero-order valence-electron chi connectivity index (χ0n) is 6.78. The molecule has 0 radical (unpaired) electrons. The topological polar surface area (TPSA) is 101 Å². The summed E-state index contributed by atoms with van der Waals surface area (Å²) in [6, 6.07) is 0. The number of aromatic nitrogens is 3. The van der Waals surface area contributed by atoms with Gasteiger partial charge in [-0.1, -0.05) is 0 Å². The Morgan fingerprint density at radius 1 is 1.57 bits per heavy atom. The minimum absolute atomic E-state index is 0.229. The van der Waals surface area contributed by atoms with Gasteiger partial charge in [0.25, 0.3) is 0 Å². The molecule has 0 bridgehead atoms. The van der Waals surface area contributed by atoms with E-state index in [0.29, 0.717) is 0 Å². The van der Waals surface area contributed by atoms with Crippen LogP contribution < -0.4 is 0 Å². The van der Waals surface area contributed by atoms with E-state index < -0.39 is 17.4 Å². The molecule has 2 N–H and O–H groups in total. The molecule has 2 heterocycles. The van der Waals surface area contributed by atoms with Crippen LogP contribution in [0.15, 0.2) is 23.2 Å². The summed E-state index contributed by atoms with van der Waals surface area (Å²) in [4.78, 5) is 14.1. The van der Waals surface area contributed by atoms with Crippen molar-refractivity contribution in [3.63, 3.8) is 0 Å². The SMILES string of the molecule is O=C(O)c1nn(-c2cnco2)cc1O. The van der Waals surface area contributed by atoms with Gasteiger partial charge in [0.1, 0.15) is 0 Å². The van der Waals surface area contributed by atoms with Gasteiger partial charge in [0, 0.05) is 0 Å². The molecule has 0 fully saturated rings.